The fraction of sp³-hybridized carbons (Fsp3) is 0.500. The van der Waals surface area contributed by atoms with Gasteiger partial charge in [-0.15, -0.1) is 0 Å². The molecule has 0 aromatic heterocycles. The highest BCUT2D eigenvalue weighted by Gasteiger charge is 2.55. The summed E-state index contributed by atoms with van der Waals surface area (Å²) in [6, 6.07) is 5.04. The summed E-state index contributed by atoms with van der Waals surface area (Å²) < 4.78 is 10.6. The Hall–Kier alpha value is -3.42. The fourth-order valence-corrected chi connectivity index (χ4v) is 4.24. The highest BCUT2D eigenvalue weighted by Crippen LogP contribution is 2.45. The van der Waals surface area contributed by atoms with E-state index in [9.17, 15) is 19.2 Å². The van der Waals surface area contributed by atoms with Crippen LogP contribution in [0.4, 0.5) is 5.69 Å². The van der Waals surface area contributed by atoms with E-state index in [-0.39, 0.29) is 12.2 Å². The summed E-state index contributed by atoms with van der Waals surface area (Å²) in [6.07, 6.45) is 1.51. The molecule has 0 saturated heterocycles. The van der Waals surface area contributed by atoms with Crippen LogP contribution in [0.1, 0.15) is 65.0 Å². The number of fused-ring (bicyclic) bond motifs is 1. The molecule has 0 bridgehead atoms. The molecular formula is C28H39NO7. The number of nitrogens with zero attached hydrogens (tertiary/aromatic N) is 1. The van der Waals surface area contributed by atoms with Crippen LogP contribution in [0.3, 0.4) is 0 Å². The van der Waals surface area contributed by atoms with E-state index < -0.39 is 29.6 Å². The zero-order valence-corrected chi connectivity index (χ0v) is 22.7. The SMILES string of the molecule is C=C(CC)/C(OC)=C(\CC(C)C)OC.CC(=O)CC1(C(C)=O)C(=O)N(CC(=O)O)c2ccc(C)cc21. The number of carbonyl (C=O) groups is 4. The first-order valence-corrected chi connectivity index (χ1v) is 11.9. The number of methoxy groups -OCH3 is 2. The molecule has 1 aliphatic heterocycles. The van der Waals surface area contributed by atoms with Crippen LogP contribution in [-0.4, -0.2) is 49.3 Å². The van der Waals surface area contributed by atoms with Gasteiger partial charge in [0.15, 0.2) is 5.76 Å². The third-order valence-corrected chi connectivity index (χ3v) is 5.97. The Morgan fingerprint density at radius 1 is 1.14 bits per heavy atom. The lowest BCUT2D eigenvalue weighted by Crippen LogP contribution is -2.47. The molecule has 1 aromatic carbocycles. The Balaban J connectivity index is 0.000000402. The zero-order valence-electron chi connectivity index (χ0n) is 22.7. The first-order chi connectivity index (χ1) is 16.8. The summed E-state index contributed by atoms with van der Waals surface area (Å²) in [5.41, 5.74) is 1.02. The number of Topliss-reactive ketones (excluding diaryl/α,β-unsaturated/α-hetero) is 2. The Bertz CT molecular complexity index is 1050. The van der Waals surface area contributed by atoms with E-state index in [1.807, 2.05) is 6.92 Å². The molecule has 1 N–H and O–H groups in total. The number of hydrogen-bond donors (Lipinski definition) is 1. The Morgan fingerprint density at radius 3 is 2.17 bits per heavy atom. The lowest BCUT2D eigenvalue weighted by atomic mass is 9.74. The molecule has 198 valence electrons. The second-order valence-corrected chi connectivity index (χ2v) is 9.36. The average molecular weight is 502 g/mol. The summed E-state index contributed by atoms with van der Waals surface area (Å²) in [7, 11) is 3.34. The second kappa shape index (κ2) is 13.0. The first kappa shape index (κ1) is 30.6. The highest BCUT2D eigenvalue weighted by molar-refractivity contribution is 6.24. The van der Waals surface area contributed by atoms with Crippen LogP contribution in [0.25, 0.3) is 0 Å². The normalized spacial score (nSPS) is 17.0. The fourth-order valence-electron chi connectivity index (χ4n) is 4.24. The molecule has 0 saturated carbocycles. The number of anilines is 1. The molecule has 1 heterocycles. The lowest BCUT2D eigenvalue weighted by Gasteiger charge is -2.24. The van der Waals surface area contributed by atoms with Gasteiger partial charge in [-0.25, -0.2) is 0 Å². The predicted molar refractivity (Wildman–Crippen MR) is 139 cm³/mol. The van der Waals surface area contributed by atoms with Crippen molar-refractivity contribution in [2.75, 3.05) is 25.7 Å². The number of ether oxygens (including phenoxy) is 2. The maximum Gasteiger partial charge on any atom is 0.323 e. The van der Waals surface area contributed by atoms with Crippen LogP contribution in [0.5, 0.6) is 0 Å². The molecule has 0 fully saturated rings. The van der Waals surface area contributed by atoms with Crippen molar-refractivity contribution in [3.63, 3.8) is 0 Å². The number of ketones is 2. The van der Waals surface area contributed by atoms with E-state index in [0.717, 1.165) is 40.4 Å². The van der Waals surface area contributed by atoms with E-state index in [1.165, 1.54) is 13.8 Å². The molecule has 8 nitrogen and oxygen atoms in total. The van der Waals surface area contributed by atoms with E-state index in [2.05, 4.69) is 27.4 Å². The van der Waals surface area contributed by atoms with Crippen LogP contribution in [0.15, 0.2) is 41.9 Å². The lowest BCUT2D eigenvalue weighted by molar-refractivity contribution is -0.139. The Kier molecular flexibility index (Phi) is 11.1. The van der Waals surface area contributed by atoms with Gasteiger partial charge >= 0.3 is 5.97 Å². The van der Waals surface area contributed by atoms with E-state index in [1.54, 1.807) is 32.4 Å². The van der Waals surface area contributed by atoms with E-state index in [4.69, 9.17) is 14.6 Å². The van der Waals surface area contributed by atoms with Crippen LogP contribution in [0, 0.1) is 12.8 Å². The topological polar surface area (TPSA) is 110 Å². The van der Waals surface area contributed by atoms with E-state index >= 15 is 0 Å². The summed E-state index contributed by atoms with van der Waals surface area (Å²) in [4.78, 5) is 48.8. The van der Waals surface area contributed by atoms with Gasteiger partial charge in [0.05, 0.1) is 14.2 Å². The maximum absolute atomic E-state index is 12.8. The third-order valence-electron chi connectivity index (χ3n) is 5.97. The van der Waals surface area contributed by atoms with E-state index in [0.29, 0.717) is 17.2 Å². The van der Waals surface area contributed by atoms with Gasteiger partial charge in [0.1, 0.15) is 29.3 Å². The molecule has 0 aliphatic carbocycles. The van der Waals surface area contributed by atoms with Gasteiger partial charge in [-0.3, -0.25) is 24.1 Å². The summed E-state index contributed by atoms with van der Waals surface area (Å²) >= 11 is 0. The number of carbonyl (C=O) groups excluding carboxylic acids is 3. The largest absolute Gasteiger partial charge is 0.497 e. The number of benzene rings is 1. The van der Waals surface area contributed by atoms with Crippen LogP contribution in [0.2, 0.25) is 0 Å². The van der Waals surface area contributed by atoms with Gasteiger partial charge < -0.3 is 14.6 Å². The van der Waals surface area contributed by atoms with Crippen LogP contribution in [-0.2, 0) is 34.1 Å². The van der Waals surface area contributed by atoms with Crippen LogP contribution < -0.4 is 4.90 Å². The minimum absolute atomic E-state index is 0.256. The third kappa shape index (κ3) is 6.83. The number of hydrogen-bond acceptors (Lipinski definition) is 6. The van der Waals surface area contributed by atoms with Crippen molar-refractivity contribution in [3.05, 3.63) is 53.0 Å². The van der Waals surface area contributed by atoms with Gasteiger partial charge in [-0.2, -0.15) is 0 Å². The van der Waals surface area contributed by atoms with Crippen molar-refractivity contribution in [1.29, 1.82) is 0 Å². The Labute approximate surface area is 214 Å². The molecular weight excluding hydrogens is 462 g/mol. The van der Waals surface area contributed by atoms with Crippen molar-refractivity contribution in [2.45, 2.75) is 66.2 Å². The zero-order chi connectivity index (χ0) is 27.8. The second-order valence-electron chi connectivity index (χ2n) is 9.36. The average Bonchev–Trinajstić information content (AvgIpc) is 3.00. The van der Waals surface area contributed by atoms with Crippen molar-refractivity contribution in [2.24, 2.45) is 5.92 Å². The van der Waals surface area contributed by atoms with Gasteiger partial charge in [-0.1, -0.05) is 45.0 Å². The minimum Gasteiger partial charge on any atom is -0.497 e. The number of carboxylic acids is 1. The molecule has 1 aromatic rings. The predicted octanol–water partition coefficient (Wildman–Crippen LogP) is 4.74. The molecule has 0 spiro atoms. The highest BCUT2D eigenvalue weighted by atomic mass is 16.5. The number of aliphatic carboxylic acids is 1. The van der Waals surface area contributed by atoms with Crippen LogP contribution >= 0.6 is 0 Å². The molecule has 1 unspecified atom stereocenters. The number of rotatable bonds is 11. The van der Waals surface area contributed by atoms with Gasteiger partial charge in [0.25, 0.3) is 0 Å². The van der Waals surface area contributed by atoms with Crippen molar-refractivity contribution >= 4 is 29.1 Å². The standard InChI is InChI=1S/C16H17NO5.C12H22O2/c1-9-4-5-13-12(6-9)16(11(3)19,7-10(2)18)15(22)17(13)8-14(20)21;1-7-10(4)12(14-6)11(13-5)8-9(2)3/h4-6H,7-8H2,1-3H3,(H,20,21);9H,4,7-8H2,1-3,5-6H3/b;12-11-. The minimum atomic E-state index is -1.61. The molecule has 1 atom stereocenters. The number of allylic oxidation sites excluding steroid dienone is 2. The quantitative estimate of drug-likeness (QED) is 0.265. The monoisotopic (exact) mass is 501 g/mol. The molecule has 0 radical (unpaired) electrons. The number of aryl methyl sites for hydroxylation is 1. The summed E-state index contributed by atoms with van der Waals surface area (Å²) in [6.45, 7) is 14.2. The number of carboxylic acid groups (broad SMARTS) is 1. The van der Waals surface area contributed by atoms with Gasteiger partial charge in [0, 0.05) is 18.5 Å². The molecule has 1 amide bonds. The summed E-state index contributed by atoms with van der Waals surface area (Å²) in [5.74, 6) is -0.307. The Morgan fingerprint density at radius 2 is 1.75 bits per heavy atom. The van der Waals surface area contributed by atoms with Gasteiger partial charge in [0.2, 0.25) is 5.91 Å². The molecule has 8 heteroatoms. The first-order valence-electron chi connectivity index (χ1n) is 11.9. The molecule has 2 rings (SSSR count). The molecule has 1 aliphatic rings. The number of amides is 1. The smallest absolute Gasteiger partial charge is 0.323 e. The summed E-state index contributed by atoms with van der Waals surface area (Å²) in [5, 5.41) is 9.02. The van der Waals surface area contributed by atoms with Crippen molar-refractivity contribution < 1.29 is 33.8 Å². The van der Waals surface area contributed by atoms with Crippen molar-refractivity contribution in [1.82, 2.24) is 0 Å². The van der Waals surface area contributed by atoms with Crippen molar-refractivity contribution in [3.8, 4) is 0 Å². The molecule has 36 heavy (non-hydrogen) atoms. The maximum atomic E-state index is 12.8. The van der Waals surface area contributed by atoms with Gasteiger partial charge in [-0.05, 0) is 50.3 Å².